The van der Waals surface area contributed by atoms with E-state index in [4.69, 9.17) is 34.8 Å². The zero-order chi connectivity index (χ0) is 21.8. The number of hydrogen-bond donors (Lipinski definition) is 0. The maximum absolute atomic E-state index is 12.7. The number of carbonyl (C=O) groups excluding carboxylic acids is 1. The van der Waals surface area contributed by atoms with E-state index in [1.165, 1.54) is 37.6 Å². The molecule has 158 valence electrons. The molecule has 9 heteroatoms. The lowest BCUT2D eigenvalue weighted by molar-refractivity contribution is -0.134. The predicted molar refractivity (Wildman–Crippen MR) is 111 cm³/mol. The van der Waals surface area contributed by atoms with Crippen molar-refractivity contribution in [2.75, 3.05) is 7.11 Å². The van der Waals surface area contributed by atoms with E-state index in [1.54, 1.807) is 24.3 Å². The van der Waals surface area contributed by atoms with E-state index >= 15 is 0 Å². The lowest BCUT2D eigenvalue weighted by Crippen LogP contribution is -2.09. The van der Waals surface area contributed by atoms with Gasteiger partial charge in [-0.25, -0.2) is 0 Å². The number of aryl methyl sites for hydroxylation is 1. The van der Waals surface area contributed by atoms with Crippen LogP contribution in [0, 0.1) is 0 Å². The molecule has 2 aromatic heterocycles. The molecule has 0 bridgehead atoms. The average Bonchev–Trinajstić information content (AvgIpc) is 3.19. The molecule has 0 aliphatic heterocycles. The smallest absolute Gasteiger partial charge is 0.311 e. The van der Waals surface area contributed by atoms with Crippen molar-refractivity contribution in [2.24, 2.45) is 0 Å². The molecule has 4 rings (SSSR count). The van der Waals surface area contributed by atoms with Gasteiger partial charge < -0.3 is 23.2 Å². The number of aromatic nitrogens is 1. The Hall–Kier alpha value is -3.78. The van der Waals surface area contributed by atoms with Gasteiger partial charge in [0.05, 0.1) is 18.9 Å². The van der Waals surface area contributed by atoms with E-state index in [1.807, 2.05) is 0 Å². The number of halogens is 1. The fraction of sp³-hybridized carbons (Fsp3) is 0.136. The normalized spacial score (nSPS) is 10.8. The van der Waals surface area contributed by atoms with E-state index < -0.39 is 5.97 Å². The van der Waals surface area contributed by atoms with Gasteiger partial charge in [0.1, 0.15) is 34.9 Å². The van der Waals surface area contributed by atoms with Crippen LogP contribution in [0.5, 0.6) is 23.0 Å². The number of ether oxygens (including phenoxy) is 3. The standard InChI is InChI=1S/C22H16ClNO7/c1-27-13-3-2-4-14(9-13)29-19-12-28-18-10-15(5-7-17(18)22(19)26)30-21(25)8-6-16-11-20(23)24-31-16/h2-5,7,9-12H,6,8H2,1H3. The summed E-state index contributed by atoms with van der Waals surface area (Å²) >= 11 is 5.67. The van der Waals surface area contributed by atoms with Gasteiger partial charge in [-0.3, -0.25) is 9.59 Å². The third-order valence-electron chi connectivity index (χ3n) is 4.32. The van der Waals surface area contributed by atoms with Crippen molar-refractivity contribution in [1.82, 2.24) is 5.16 Å². The van der Waals surface area contributed by atoms with E-state index in [9.17, 15) is 9.59 Å². The molecular weight excluding hydrogens is 426 g/mol. The Balaban J connectivity index is 1.47. The number of nitrogens with zero attached hydrogens (tertiary/aromatic N) is 1. The Bertz CT molecular complexity index is 1290. The van der Waals surface area contributed by atoms with Gasteiger partial charge in [-0.1, -0.05) is 22.8 Å². The quantitative estimate of drug-likeness (QED) is 0.298. The molecule has 0 amide bonds. The highest BCUT2D eigenvalue weighted by atomic mass is 35.5. The lowest BCUT2D eigenvalue weighted by Gasteiger charge is -2.08. The summed E-state index contributed by atoms with van der Waals surface area (Å²) in [7, 11) is 1.54. The van der Waals surface area contributed by atoms with E-state index in [2.05, 4.69) is 5.16 Å². The van der Waals surface area contributed by atoms with Crippen molar-refractivity contribution in [3.05, 3.63) is 75.9 Å². The number of fused-ring (bicyclic) bond motifs is 1. The van der Waals surface area contributed by atoms with Gasteiger partial charge in [-0.05, 0) is 24.3 Å². The van der Waals surface area contributed by atoms with Crippen LogP contribution in [-0.4, -0.2) is 18.2 Å². The Morgan fingerprint density at radius 3 is 2.71 bits per heavy atom. The van der Waals surface area contributed by atoms with Crippen LogP contribution in [0.2, 0.25) is 5.15 Å². The summed E-state index contributed by atoms with van der Waals surface area (Å²) in [5, 5.41) is 4.06. The van der Waals surface area contributed by atoms with Crippen molar-refractivity contribution in [3.63, 3.8) is 0 Å². The van der Waals surface area contributed by atoms with Gasteiger partial charge in [0.2, 0.25) is 11.2 Å². The SMILES string of the molecule is COc1cccc(Oc2coc3cc(OC(=O)CCc4cc(Cl)no4)ccc3c2=O)c1. The topological polar surface area (TPSA) is 101 Å². The lowest BCUT2D eigenvalue weighted by atomic mass is 10.2. The van der Waals surface area contributed by atoms with E-state index in [0.717, 1.165) is 0 Å². The zero-order valence-electron chi connectivity index (χ0n) is 16.3. The van der Waals surface area contributed by atoms with Crippen molar-refractivity contribution in [2.45, 2.75) is 12.8 Å². The minimum absolute atomic E-state index is 0.0243. The highest BCUT2D eigenvalue weighted by molar-refractivity contribution is 6.29. The number of esters is 1. The molecule has 0 saturated heterocycles. The molecule has 31 heavy (non-hydrogen) atoms. The van der Waals surface area contributed by atoms with Crippen molar-refractivity contribution < 1.29 is 27.9 Å². The molecule has 8 nitrogen and oxygen atoms in total. The minimum Gasteiger partial charge on any atom is -0.497 e. The number of methoxy groups -OCH3 is 1. The second-order valence-electron chi connectivity index (χ2n) is 6.46. The van der Waals surface area contributed by atoms with Crippen LogP contribution >= 0.6 is 11.6 Å². The summed E-state index contributed by atoms with van der Waals surface area (Å²) in [4.78, 5) is 24.8. The van der Waals surface area contributed by atoms with Gasteiger partial charge in [0, 0.05) is 24.6 Å². The maximum Gasteiger partial charge on any atom is 0.311 e. The van der Waals surface area contributed by atoms with Crippen molar-refractivity contribution in [3.8, 4) is 23.0 Å². The summed E-state index contributed by atoms with van der Waals surface area (Å²) in [5.41, 5.74) is -0.0977. The van der Waals surface area contributed by atoms with Crippen molar-refractivity contribution in [1.29, 1.82) is 0 Å². The summed E-state index contributed by atoms with van der Waals surface area (Å²) in [6.45, 7) is 0. The highest BCUT2D eigenvalue weighted by Gasteiger charge is 2.13. The number of rotatable bonds is 7. The maximum atomic E-state index is 12.7. The molecule has 0 saturated carbocycles. The first kappa shape index (κ1) is 20.5. The summed E-state index contributed by atoms with van der Waals surface area (Å²) < 4.78 is 26.5. The van der Waals surface area contributed by atoms with Gasteiger partial charge >= 0.3 is 5.97 Å². The molecule has 0 fully saturated rings. The molecular formula is C22H16ClNO7. The molecule has 0 N–H and O–H groups in total. The van der Waals surface area contributed by atoms with Crippen LogP contribution in [0.25, 0.3) is 11.0 Å². The van der Waals surface area contributed by atoms with Crippen LogP contribution in [0.4, 0.5) is 0 Å². The first-order valence-electron chi connectivity index (χ1n) is 9.21. The number of hydrogen-bond acceptors (Lipinski definition) is 8. The second-order valence-corrected chi connectivity index (χ2v) is 6.85. The largest absolute Gasteiger partial charge is 0.497 e. The zero-order valence-corrected chi connectivity index (χ0v) is 17.0. The molecule has 0 atom stereocenters. The fourth-order valence-corrected chi connectivity index (χ4v) is 2.99. The molecule has 0 aliphatic rings. The summed E-state index contributed by atoms with van der Waals surface area (Å²) in [5.74, 6) is 1.31. The third kappa shape index (κ3) is 4.87. The van der Waals surface area contributed by atoms with Crippen LogP contribution in [0.3, 0.4) is 0 Å². The monoisotopic (exact) mass is 441 g/mol. The van der Waals surface area contributed by atoms with E-state index in [-0.39, 0.29) is 39.5 Å². The Labute approximate surface area is 180 Å². The van der Waals surface area contributed by atoms with Crippen LogP contribution in [0.1, 0.15) is 12.2 Å². The Kier molecular flexibility index (Phi) is 5.90. The van der Waals surface area contributed by atoms with Gasteiger partial charge in [-0.2, -0.15) is 0 Å². The molecule has 0 radical (unpaired) electrons. The third-order valence-corrected chi connectivity index (χ3v) is 4.50. The molecule has 0 unspecified atom stereocenters. The van der Waals surface area contributed by atoms with Crippen LogP contribution < -0.4 is 19.6 Å². The van der Waals surface area contributed by atoms with Gasteiger partial charge in [-0.15, -0.1) is 0 Å². The second kappa shape index (κ2) is 8.93. The average molecular weight is 442 g/mol. The Morgan fingerprint density at radius 2 is 1.94 bits per heavy atom. The Morgan fingerprint density at radius 1 is 1.10 bits per heavy atom. The van der Waals surface area contributed by atoms with Crippen molar-refractivity contribution >= 4 is 28.5 Å². The summed E-state index contributed by atoms with van der Waals surface area (Å²) in [6.07, 6.45) is 1.58. The van der Waals surface area contributed by atoms with Gasteiger partial charge in [0.15, 0.2) is 5.15 Å². The van der Waals surface area contributed by atoms with Crippen LogP contribution in [-0.2, 0) is 11.2 Å². The molecule has 4 aromatic rings. The van der Waals surface area contributed by atoms with E-state index in [0.29, 0.717) is 23.7 Å². The van der Waals surface area contributed by atoms with Crippen LogP contribution in [0.15, 0.2) is 68.5 Å². The first-order chi connectivity index (χ1) is 15.0. The number of carbonyl (C=O) groups is 1. The molecule has 0 spiro atoms. The highest BCUT2D eigenvalue weighted by Crippen LogP contribution is 2.26. The number of benzene rings is 2. The molecule has 2 aromatic carbocycles. The molecule has 2 heterocycles. The van der Waals surface area contributed by atoms with Gasteiger partial charge in [0.25, 0.3) is 0 Å². The summed E-state index contributed by atoms with van der Waals surface area (Å²) in [6, 6.07) is 12.9. The first-order valence-corrected chi connectivity index (χ1v) is 9.59. The minimum atomic E-state index is -0.479. The predicted octanol–water partition coefficient (Wildman–Crippen LogP) is 4.77. The molecule has 0 aliphatic carbocycles. The fourth-order valence-electron chi connectivity index (χ4n) is 2.83.